The number of hydrogen-bond donors (Lipinski definition) is 1. The highest BCUT2D eigenvalue weighted by atomic mass is 14.9. The summed E-state index contributed by atoms with van der Waals surface area (Å²) in [7, 11) is 0. The van der Waals surface area contributed by atoms with Crippen molar-refractivity contribution < 1.29 is 0 Å². The second-order valence-corrected chi connectivity index (χ2v) is 5.12. The largest absolute Gasteiger partial charge is 0.385 e. The Morgan fingerprint density at radius 3 is 2.44 bits per heavy atom. The second kappa shape index (κ2) is 5.26. The number of anilines is 1. The van der Waals surface area contributed by atoms with E-state index in [0.717, 1.165) is 12.5 Å². The van der Waals surface area contributed by atoms with E-state index < -0.39 is 0 Å². The van der Waals surface area contributed by atoms with Gasteiger partial charge in [0.1, 0.15) is 0 Å². The maximum atomic E-state index is 3.55. The van der Waals surface area contributed by atoms with Crippen LogP contribution in [0.5, 0.6) is 0 Å². The van der Waals surface area contributed by atoms with Crippen LogP contribution in [0.15, 0.2) is 54.6 Å². The van der Waals surface area contributed by atoms with Gasteiger partial charge < -0.3 is 5.32 Å². The number of aryl methyl sites for hydroxylation is 1. The minimum atomic E-state index is 0.764. The topological polar surface area (TPSA) is 12.0 Å². The van der Waals surface area contributed by atoms with Crippen LogP contribution in [0.2, 0.25) is 0 Å². The van der Waals surface area contributed by atoms with E-state index in [2.05, 4.69) is 59.9 Å². The minimum absolute atomic E-state index is 0.764. The Labute approximate surface area is 109 Å². The summed E-state index contributed by atoms with van der Waals surface area (Å²) in [5.41, 5.74) is 4.33. The Bertz CT molecular complexity index is 504. The van der Waals surface area contributed by atoms with E-state index in [1.54, 1.807) is 11.1 Å². The third-order valence-corrected chi connectivity index (χ3v) is 3.82. The molecule has 0 aromatic heterocycles. The van der Waals surface area contributed by atoms with Gasteiger partial charge in [-0.05, 0) is 48.4 Å². The maximum Gasteiger partial charge on any atom is 0.0340 e. The van der Waals surface area contributed by atoms with E-state index in [4.69, 9.17) is 0 Å². The zero-order chi connectivity index (χ0) is 12.2. The Balaban J connectivity index is 1.60. The molecule has 1 aliphatic rings. The summed E-state index contributed by atoms with van der Waals surface area (Å²) < 4.78 is 0. The second-order valence-electron chi connectivity index (χ2n) is 5.12. The van der Waals surface area contributed by atoms with Crippen molar-refractivity contribution in [3.63, 3.8) is 0 Å². The van der Waals surface area contributed by atoms with Gasteiger partial charge in [0.25, 0.3) is 0 Å². The van der Waals surface area contributed by atoms with Crippen molar-refractivity contribution in [2.45, 2.75) is 19.3 Å². The quantitative estimate of drug-likeness (QED) is 0.853. The fourth-order valence-electron chi connectivity index (χ4n) is 2.77. The van der Waals surface area contributed by atoms with Crippen LogP contribution in [0.3, 0.4) is 0 Å². The standard InChI is InChI=1S/C17H19N/c1-2-8-17(9-3-1)18-13-14-10-11-15-6-4-5-7-16(15)12-14/h1-9,14,18H,10-13H2. The van der Waals surface area contributed by atoms with Crippen LogP contribution < -0.4 is 5.32 Å². The molecule has 18 heavy (non-hydrogen) atoms. The highest BCUT2D eigenvalue weighted by molar-refractivity contribution is 5.42. The lowest BCUT2D eigenvalue weighted by Crippen LogP contribution is -2.21. The third kappa shape index (κ3) is 2.56. The molecule has 3 rings (SSSR count). The van der Waals surface area contributed by atoms with Gasteiger partial charge in [-0.25, -0.2) is 0 Å². The summed E-state index contributed by atoms with van der Waals surface area (Å²) >= 11 is 0. The van der Waals surface area contributed by atoms with Crippen molar-refractivity contribution in [1.82, 2.24) is 0 Å². The van der Waals surface area contributed by atoms with Gasteiger partial charge in [0, 0.05) is 12.2 Å². The van der Waals surface area contributed by atoms with Gasteiger partial charge in [-0.3, -0.25) is 0 Å². The van der Waals surface area contributed by atoms with Crippen molar-refractivity contribution in [3.05, 3.63) is 65.7 Å². The van der Waals surface area contributed by atoms with Crippen LogP contribution in [-0.4, -0.2) is 6.54 Å². The van der Waals surface area contributed by atoms with Crippen LogP contribution in [-0.2, 0) is 12.8 Å². The Morgan fingerprint density at radius 1 is 0.889 bits per heavy atom. The van der Waals surface area contributed by atoms with E-state index in [1.807, 2.05) is 0 Å². The molecule has 1 heteroatoms. The van der Waals surface area contributed by atoms with Gasteiger partial charge in [-0.2, -0.15) is 0 Å². The fraction of sp³-hybridized carbons (Fsp3) is 0.294. The SMILES string of the molecule is c1ccc(NCC2CCc3ccccc3C2)cc1. The van der Waals surface area contributed by atoms with Gasteiger partial charge in [0.2, 0.25) is 0 Å². The normalized spacial score (nSPS) is 18.1. The van der Waals surface area contributed by atoms with Crippen LogP contribution in [0.25, 0.3) is 0 Å². The Morgan fingerprint density at radius 2 is 1.61 bits per heavy atom. The smallest absolute Gasteiger partial charge is 0.0340 e. The molecular formula is C17H19N. The average molecular weight is 237 g/mol. The number of nitrogens with one attached hydrogen (secondary N) is 1. The molecule has 2 aromatic rings. The van der Waals surface area contributed by atoms with Gasteiger partial charge in [0.05, 0.1) is 0 Å². The summed E-state index contributed by atoms with van der Waals surface area (Å²) in [5, 5.41) is 3.55. The molecule has 0 heterocycles. The highest BCUT2D eigenvalue weighted by Crippen LogP contribution is 2.25. The van der Waals surface area contributed by atoms with E-state index in [0.29, 0.717) is 0 Å². The van der Waals surface area contributed by atoms with Crippen molar-refractivity contribution >= 4 is 5.69 Å². The molecule has 0 spiro atoms. The Kier molecular flexibility index (Phi) is 3.31. The zero-order valence-electron chi connectivity index (χ0n) is 10.6. The number of hydrogen-bond acceptors (Lipinski definition) is 1. The predicted molar refractivity (Wildman–Crippen MR) is 76.9 cm³/mol. The monoisotopic (exact) mass is 237 g/mol. The maximum absolute atomic E-state index is 3.55. The molecule has 0 bridgehead atoms. The van der Waals surface area contributed by atoms with Crippen molar-refractivity contribution in [1.29, 1.82) is 0 Å². The molecule has 1 aliphatic carbocycles. The first-order valence-electron chi connectivity index (χ1n) is 6.77. The first kappa shape index (κ1) is 11.3. The van der Waals surface area contributed by atoms with E-state index in [9.17, 15) is 0 Å². The lowest BCUT2D eigenvalue weighted by atomic mass is 9.84. The minimum Gasteiger partial charge on any atom is -0.385 e. The summed E-state index contributed by atoms with van der Waals surface area (Å²) in [6, 6.07) is 19.4. The highest BCUT2D eigenvalue weighted by Gasteiger charge is 2.17. The molecule has 0 fully saturated rings. The average Bonchev–Trinajstić information content (AvgIpc) is 2.46. The molecule has 2 aromatic carbocycles. The van der Waals surface area contributed by atoms with Crippen molar-refractivity contribution in [3.8, 4) is 0 Å². The van der Waals surface area contributed by atoms with E-state index in [-0.39, 0.29) is 0 Å². The van der Waals surface area contributed by atoms with Crippen LogP contribution in [0.1, 0.15) is 17.5 Å². The summed E-state index contributed by atoms with van der Waals surface area (Å²) in [4.78, 5) is 0. The first-order chi connectivity index (χ1) is 8.92. The van der Waals surface area contributed by atoms with Crippen molar-refractivity contribution in [2.75, 3.05) is 11.9 Å². The molecular weight excluding hydrogens is 218 g/mol. The molecule has 0 radical (unpaired) electrons. The molecule has 1 unspecified atom stereocenters. The van der Waals surface area contributed by atoms with Gasteiger partial charge in [-0.15, -0.1) is 0 Å². The lowest BCUT2D eigenvalue weighted by molar-refractivity contribution is 0.481. The molecule has 1 atom stereocenters. The van der Waals surface area contributed by atoms with E-state index in [1.165, 1.54) is 24.9 Å². The molecule has 0 aliphatic heterocycles. The lowest BCUT2D eigenvalue weighted by Gasteiger charge is -2.25. The number of para-hydroxylation sites is 1. The Hall–Kier alpha value is -1.76. The van der Waals surface area contributed by atoms with Gasteiger partial charge >= 0.3 is 0 Å². The van der Waals surface area contributed by atoms with Crippen LogP contribution in [0.4, 0.5) is 5.69 Å². The zero-order valence-corrected chi connectivity index (χ0v) is 10.6. The molecule has 1 N–H and O–H groups in total. The first-order valence-corrected chi connectivity index (χ1v) is 6.77. The van der Waals surface area contributed by atoms with Gasteiger partial charge in [-0.1, -0.05) is 42.5 Å². The summed E-state index contributed by atoms with van der Waals surface area (Å²) in [6.07, 6.45) is 3.75. The van der Waals surface area contributed by atoms with Crippen LogP contribution in [0, 0.1) is 5.92 Å². The molecule has 1 nitrogen and oxygen atoms in total. The predicted octanol–water partition coefficient (Wildman–Crippen LogP) is 3.90. The fourth-order valence-corrected chi connectivity index (χ4v) is 2.77. The third-order valence-electron chi connectivity index (χ3n) is 3.82. The van der Waals surface area contributed by atoms with E-state index >= 15 is 0 Å². The number of benzene rings is 2. The number of fused-ring (bicyclic) bond motifs is 1. The molecule has 0 saturated heterocycles. The molecule has 0 saturated carbocycles. The number of rotatable bonds is 3. The molecule has 92 valence electrons. The molecule has 0 amide bonds. The van der Waals surface area contributed by atoms with Crippen molar-refractivity contribution in [2.24, 2.45) is 5.92 Å². The van der Waals surface area contributed by atoms with Crippen LogP contribution >= 0.6 is 0 Å². The van der Waals surface area contributed by atoms with Gasteiger partial charge in [0.15, 0.2) is 0 Å². The summed E-state index contributed by atoms with van der Waals surface area (Å²) in [5.74, 6) is 0.764. The summed E-state index contributed by atoms with van der Waals surface area (Å²) in [6.45, 7) is 1.08.